The molecule has 0 aliphatic carbocycles. The fourth-order valence-corrected chi connectivity index (χ4v) is 1.90. The van der Waals surface area contributed by atoms with Crippen LogP contribution in [0, 0.1) is 0 Å². The second-order valence-corrected chi connectivity index (χ2v) is 5.13. The summed E-state index contributed by atoms with van der Waals surface area (Å²) in [5.74, 6) is -0.861. The number of amides is 2. The Morgan fingerprint density at radius 1 is 1.22 bits per heavy atom. The maximum atomic E-state index is 12.6. The Labute approximate surface area is 132 Å². The van der Waals surface area contributed by atoms with Crippen LogP contribution in [0.15, 0.2) is 24.3 Å². The van der Waals surface area contributed by atoms with Crippen molar-refractivity contribution in [1.82, 2.24) is 4.90 Å². The van der Waals surface area contributed by atoms with Gasteiger partial charge in [0, 0.05) is 25.7 Å². The largest absolute Gasteiger partial charge is 0.481 e. The van der Waals surface area contributed by atoms with E-state index in [1.165, 1.54) is 24.1 Å². The molecule has 0 saturated heterocycles. The lowest BCUT2D eigenvalue weighted by Crippen LogP contribution is -2.32. The van der Waals surface area contributed by atoms with Crippen LogP contribution in [0.3, 0.4) is 0 Å². The van der Waals surface area contributed by atoms with Crippen LogP contribution in [0.25, 0.3) is 0 Å². The van der Waals surface area contributed by atoms with Crippen molar-refractivity contribution in [3.63, 3.8) is 0 Å². The third-order valence-electron chi connectivity index (χ3n) is 3.17. The molecular formula is C15H19F3N2O3. The number of aliphatic carboxylic acids is 1. The molecule has 0 radical (unpaired) electrons. The predicted octanol–water partition coefficient (Wildman–Crippen LogP) is 3.81. The van der Waals surface area contributed by atoms with Crippen molar-refractivity contribution in [3.05, 3.63) is 29.8 Å². The van der Waals surface area contributed by atoms with Crippen LogP contribution < -0.4 is 5.32 Å². The van der Waals surface area contributed by atoms with E-state index in [-0.39, 0.29) is 12.1 Å². The summed E-state index contributed by atoms with van der Waals surface area (Å²) in [4.78, 5) is 23.6. The van der Waals surface area contributed by atoms with Gasteiger partial charge in [-0.05, 0) is 31.0 Å². The molecule has 0 saturated carbocycles. The first kappa shape index (κ1) is 18.8. The number of nitrogens with zero attached hydrogens (tertiary/aromatic N) is 1. The summed E-state index contributed by atoms with van der Waals surface area (Å²) in [5.41, 5.74) is -0.755. The molecule has 1 rings (SSSR count). The number of benzene rings is 1. The molecule has 0 aliphatic heterocycles. The summed E-state index contributed by atoms with van der Waals surface area (Å²) in [7, 11) is 1.53. The molecular weight excluding hydrogens is 313 g/mol. The number of rotatable bonds is 7. The van der Waals surface area contributed by atoms with E-state index in [0.717, 1.165) is 12.1 Å². The summed E-state index contributed by atoms with van der Waals surface area (Å²) in [6, 6.07) is 3.90. The third kappa shape index (κ3) is 7.03. The molecule has 0 bridgehead atoms. The second-order valence-electron chi connectivity index (χ2n) is 5.13. The SMILES string of the molecule is CN(CCCCCC(=O)O)C(=O)Nc1cccc(C(F)(F)F)c1. The van der Waals surface area contributed by atoms with Gasteiger partial charge in [0.1, 0.15) is 0 Å². The first-order valence-electron chi connectivity index (χ1n) is 7.11. The van der Waals surface area contributed by atoms with Crippen LogP contribution in [0.1, 0.15) is 31.2 Å². The number of anilines is 1. The van der Waals surface area contributed by atoms with Crippen LogP contribution in [0.4, 0.5) is 23.7 Å². The Balaban J connectivity index is 2.44. The van der Waals surface area contributed by atoms with Crippen molar-refractivity contribution < 1.29 is 27.9 Å². The van der Waals surface area contributed by atoms with Gasteiger partial charge in [0.15, 0.2) is 0 Å². The van der Waals surface area contributed by atoms with E-state index in [0.29, 0.717) is 25.8 Å². The zero-order valence-electron chi connectivity index (χ0n) is 12.7. The number of unbranched alkanes of at least 4 members (excludes halogenated alkanes) is 2. The number of hydrogen-bond acceptors (Lipinski definition) is 2. The minimum Gasteiger partial charge on any atom is -0.481 e. The molecule has 2 amide bonds. The molecule has 8 heteroatoms. The van der Waals surface area contributed by atoms with Gasteiger partial charge < -0.3 is 15.3 Å². The average molecular weight is 332 g/mol. The Hall–Kier alpha value is -2.25. The monoisotopic (exact) mass is 332 g/mol. The van der Waals surface area contributed by atoms with Crippen molar-refractivity contribution in [2.24, 2.45) is 0 Å². The number of urea groups is 1. The van der Waals surface area contributed by atoms with Gasteiger partial charge in [-0.1, -0.05) is 12.5 Å². The fourth-order valence-electron chi connectivity index (χ4n) is 1.90. The Morgan fingerprint density at radius 3 is 2.52 bits per heavy atom. The zero-order valence-corrected chi connectivity index (χ0v) is 12.7. The van der Waals surface area contributed by atoms with Crippen LogP contribution in [-0.2, 0) is 11.0 Å². The predicted molar refractivity (Wildman–Crippen MR) is 79.2 cm³/mol. The van der Waals surface area contributed by atoms with Crippen molar-refractivity contribution in [3.8, 4) is 0 Å². The summed E-state index contributed by atoms with van der Waals surface area (Å²) < 4.78 is 37.8. The van der Waals surface area contributed by atoms with Gasteiger partial charge >= 0.3 is 18.2 Å². The quantitative estimate of drug-likeness (QED) is 0.746. The number of nitrogens with one attached hydrogen (secondary N) is 1. The van der Waals surface area contributed by atoms with Crippen molar-refractivity contribution >= 4 is 17.7 Å². The van der Waals surface area contributed by atoms with Crippen LogP contribution >= 0.6 is 0 Å². The molecule has 0 spiro atoms. The zero-order chi connectivity index (χ0) is 17.5. The van der Waals surface area contributed by atoms with E-state index in [9.17, 15) is 22.8 Å². The molecule has 23 heavy (non-hydrogen) atoms. The Kier molecular flexibility index (Phi) is 6.87. The molecule has 0 aromatic heterocycles. The second kappa shape index (κ2) is 8.40. The molecule has 5 nitrogen and oxygen atoms in total. The number of halogens is 3. The number of carbonyl (C=O) groups is 2. The fraction of sp³-hybridized carbons (Fsp3) is 0.467. The molecule has 1 aromatic rings. The van der Waals surface area contributed by atoms with Gasteiger partial charge in [0.25, 0.3) is 0 Å². The molecule has 0 aliphatic rings. The molecule has 1 aromatic carbocycles. The van der Waals surface area contributed by atoms with Gasteiger partial charge in [-0.25, -0.2) is 4.79 Å². The van der Waals surface area contributed by atoms with E-state index in [2.05, 4.69) is 5.32 Å². The summed E-state index contributed by atoms with van der Waals surface area (Å²) in [6.45, 7) is 0.393. The lowest BCUT2D eigenvalue weighted by molar-refractivity contribution is -0.138. The highest BCUT2D eigenvalue weighted by Crippen LogP contribution is 2.30. The molecule has 0 heterocycles. The maximum Gasteiger partial charge on any atom is 0.416 e. The summed E-state index contributed by atoms with van der Waals surface area (Å²) >= 11 is 0. The molecule has 128 valence electrons. The number of carbonyl (C=O) groups excluding carboxylic acids is 1. The van der Waals surface area contributed by atoms with Gasteiger partial charge in [-0.2, -0.15) is 13.2 Å². The minimum absolute atomic E-state index is 0.0718. The van der Waals surface area contributed by atoms with Crippen LogP contribution in [0.2, 0.25) is 0 Å². The lowest BCUT2D eigenvalue weighted by Gasteiger charge is -2.18. The van der Waals surface area contributed by atoms with Gasteiger partial charge in [-0.3, -0.25) is 4.79 Å². The molecule has 0 atom stereocenters. The minimum atomic E-state index is -4.46. The topological polar surface area (TPSA) is 69.6 Å². The van der Waals surface area contributed by atoms with Crippen LogP contribution in [0.5, 0.6) is 0 Å². The molecule has 0 fully saturated rings. The summed E-state index contributed by atoms with van der Waals surface area (Å²) in [5, 5.41) is 10.9. The normalized spacial score (nSPS) is 11.1. The van der Waals surface area contributed by atoms with Crippen molar-refractivity contribution in [1.29, 1.82) is 0 Å². The van der Waals surface area contributed by atoms with Crippen molar-refractivity contribution in [2.45, 2.75) is 31.9 Å². The lowest BCUT2D eigenvalue weighted by atomic mass is 10.2. The highest BCUT2D eigenvalue weighted by atomic mass is 19.4. The van der Waals surface area contributed by atoms with E-state index in [1.54, 1.807) is 0 Å². The number of carboxylic acid groups (broad SMARTS) is 1. The number of alkyl halides is 3. The van der Waals surface area contributed by atoms with E-state index in [4.69, 9.17) is 5.11 Å². The first-order chi connectivity index (χ1) is 10.7. The van der Waals surface area contributed by atoms with E-state index >= 15 is 0 Å². The van der Waals surface area contributed by atoms with Gasteiger partial charge in [-0.15, -0.1) is 0 Å². The highest BCUT2D eigenvalue weighted by molar-refractivity contribution is 5.89. The number of carboxylic acids is 1. The Morgan fingerprint density at radius 2 is 1.91 bits per heavy atom. The average Bonchev–Trinajstić information content (AvgIpc) is 2.45. The van der Waals surface area contributed by atoms with Gasteiger partial charge in [0.2, 0.25) is 0 Å². The number of hydrogen-bond donors (Lipinski definition) is 2. The molecule has 2 N–H and O–H groups in total. The van der Waals surface area contributed by atoms with E-state index < -0.39 is 23.7 Å². The third-order valence-corrected chi connectivity index (χ3v) is 3.17. The molecule has 0 unspecified atom stereocenters. The highest BCUT2D eigenvalue weighted by Gasteiger charge is 2.30. The van der Waals surface area contributed by atoms with E-state index in [1.807, 2.05) is 0 Å². The first-order valence-corrected chi connectivity index (χ1v) is 7.11. The van der Waals surface area contributed by atoms with Crippen LogP contribution in [-0.4, -0.2) is 35.6 Å². The Bertz CT molecular complexity index is 547. The standard InChI is InChI=1S/C15H19F3N2O3/c1-20(9-4-2-3-8-13(21)22)14(23)19-12-7-5-6-11(10-12)15(16,17)18/h5-7,10H,2-4,8-9H2,1H3,(H,19,23)(H,21,22). The smallest absolute Gasteiger partial charge is 0.416 e. The van der Waals surface area contributed by atoms with Gasteiger partial charge in [0.05, 0.1) is 5.56 Å². The van der Waals surface area contributed by atoms with Crippen molar-refractivity contribution in [2.75, 3.05) is 18.9 Å². The summed E-state index contributed by atoms with van der Waals surface area (Å²) in [6.07, 6.45) is -2.57. The maximum absolute atomic E-state index is 12.6.